The van der Waals surface area contributed by atoms with Gasteiger partial charge in [-0.25, -0.2) is 13.6 Å². The van der Waals surface area contributed by atoms with E-state index in [1.807, 2.05) is 18.2 Å². The summed E-state index contributed by atoms with van der Waals surface area (Å²) in [5.74, 6) is -0.668. The van der Waals surface area contributed by atoms with Crippen LogP contribution in [0.15, 0.2) is 41.3 Å². The van der Waals surface area contributed by atoms with E-state index in [9.17, 15) is 18.4 Å². The number of esters is 1. The molecule has 3 heterocycles. The molecule has 1 aromatic carbocycles. The number of fused-ring (bicyclic) bond motifs is 2. The van der Waals surface area contributed by atoms with Crippen molar-refractivity contribution < 1.29 is 18.3 Å². The van der Waals surface area contributed by atoms with Crippen molar-refractivity contribution in [2.45, 2.75) is 45.2 Å². The number of nitrogens with zero attached hydrogens (tertiary/aromatic N) is 1. The summed E-state index contributed by atoms with van der Waals surface area (Å²) in [6.07, 6.45) is 0.406. The van der Waals surface area contributed by atoms with Crippen LogP contribution in [0.3, 0.4) is 0 Å². The van der Waals surface area contributed by atoms with E-state index in [0.29, 0.717) is 23.2 Å². The third-order valence-electron chi connectivity index (χ3n) is 6.08. The van der Waals surface area contributed by atoms with Gasteiger partial charge in [-0.15, -0.1) is 0 Å². The summed E-state index contributed by atoms with van der Waals surface area (Å²) in [5, 5.41) is 3.26. The molecular weight excluding hydrogens is 402 g/mol. The number of pyridine rings is 2. The van der Waals surface area contributed by atoms with Crippen LogP contribution in [-0.4, -0.2) is 17.0 Å². The largest absolute Gasteiger partial charge is 0.462 e. The van der Waals surface area contributed by atoms with Crippen molar-refractivity contribution in [2.24, 2.45) is 0 Å². The zero-order valence-corrected chi connectivity index (χ0v) is 17.1. The van der Waals surface area contributed by atoms with Crippen LogP contribution < -0.4 is 10.9 Å². The first-order chi connectivity index (χ1) is 15.0. The number of carbonyl (C=O) groups excluding carboxylic acids is 1. The van der Waals surface area contributed by atoms with E-state index >= 15 is 0 Å². The molecule has 0 atom stereocenters. The van der Waals surface area contributed by atoms with Gasteiger partial charge in [0.05, 0.1) is 17.7 Å². The van der Waals surface area contributed by atoms with Gasteiger partial charge in [0.15, 0.2) is 0 Å². The average molecular weight is 424 g/mol. The third kappa shape index (κ3) is 3.33. The minimum Gasteiger partial charge on any atom is -0.462 e. The van der Waals surface area contributed by atoms with Gasteiger partial charge in [0.1, 0.15) is 5.56 Å². The highest BCUT2D eigenvalue weighted by Gasteiger charge is 2.32. The lowest BCUT2D eigenvalue weighted by Crippen LogP contribution is -2.25. The van der Waals surface area contributed by atoms with Crippen molar-refractivity contribution in [1.82, 2.24) is 9.72 Å². The summed E-state index contributed by atoms with van der Waals surface area (Å²) in [4.78, 5) is 25.4. The molecule has 0 unspecified atom stereocenters. The average Bonchev–Trinajstić information content (AvgIpc) is 3.49. The third-order valence-corrected chi connectivity index (χ3v) is 6.08. The fourth-order valence-corrected chi connectivity index (χ4v) is 4.45. The summed E-state index contributed by atoms with van der Waals surface area (Å²) in [6, 6.07) is 8.77. The van der Waals surface area contributed by atoms with Crippen LogP contribution in [0.5, 0.6) is 0 Å². The zero-order valence-electron chi connectivity index (χ0n) is 17.1. The van der Waals surface area contributed by atoms with E-state index in [2.05, 4.69) is 5.32 Å². The van der Waals surface area contributed by atoms with Gasteiger partial charge in [-0.05, 0) is 71.7 Å². The minimum absolute atomic E-state index is 0.0562. The van der Waals surface area contributed by atoms with Crippen LogP contribution in [0.1, 0.15) is 64.7 Å². The monoisotopic (exact) mass is 424 g/mol. The van der Waals surface area contributed by atoms with Gasteiger partial charge in [-0.2, -0.15) is 0 Å². The molecule has 7 heteroatoms. The number of carbonyl (C=O) groups is 1. The Hall–Kier alpha value is -3.06. The first kappa shape index (κ1) is 19.9. The maximum atomic E-state index is 14.5. The van der Waals surface area contributed by atoms with Crippen molar-refractivity contribution in [1.29, 1.82) is 0 Å². The molecule has 2 aromatic heterocycles. The Bertz CT molecular complexity index is 1260. The number of hydrogen-bond acceptors (Lipinski definition) is 4. The highest BCUT2D eigenvalue weighted by molar-refractivity contribution is 5.91. The number of hydrogen-bond donors (Lipinski definition) is 1. The smallest absolute Gasteiger partial charge is 0.343 e. The summed E-state index contributed by atoms with van der Waals surface area (Å²) >= 11 is 0. The summed E-state index contributed by atoms with van der Waals surface area (Å²) in [5.41, 5.74) is 3.28. The van der Waals surface area contributed by atoms with Crippen LogP contribution in [-0.2, 0) is 17.8 Å². The topological polar surface area (TPSA) is 59.8 Å². The molecule has 0 radical (unpaired) electrons. The second kappa shape index (κ2) is 7.57. The number of nitrogens with one attached hydrogen (secondary N) is 1. The quantitative estimate of drug-likeness (QED) is 0.610. The van der Waals surface area contributed by atoms with Crippen LogP contribution in [0.2, 0.25) is 0 Å². The van der Waals surface area contributed by atoms with Crippen molar-refractivity contribution in [3.8, 4) is 11.1 Å². The number of benzene rings is 1. The molecule has 0 bridgehead atoms. The van der Waals surface area contributed by atoms with Gasteiger partial charge in [-0.3, -0.25) is 9.20 Å². The second-order valence-corrected chi connectivity index (χ2v) is 8.06. The SMILES string of the molecule is CCOC(=O)c1cc(C2CC2)c2c(C(F)F)c(-c3ccc4c(c3)CNC4)ccn2c1=O. The molecule has 5 nitrogen and oxygen atoms in total. The molecule has 1 fully saturated rings. The Morgan fingerprint density at radius 3 is 2.68 bits per heavy atom. The van der Waals surface area contributed by atoms with Crippen molar-refractivity contribution >= 4 is 11.5 Å². The maximum Gasteiger partial charge on any atom is 0.343 e. The molecule has 2 aliphatic rings. The first-order valence-electron chi connectivity index (χ1n) is 10.5. The molecule has 31 heavy (non-hydrogen) atoms. The van der Waals surface area contributed by atoms with Crippen LogP contribution >= 0.6 is 0 Å². The molecule has 0 spiro atoms. The van der Waals surface area contributed by atoms with E-state index in [1.165, 1.54) is 16.7 Å². The van der Waals surface area contributed by atoms with E-state index in [-0.39, 0.29) is 29.2 Å². The lowest BCUT2D eigenvalue weighted by Gasteiger charge is -2.18. The van der Waals surface area contributed by atoms with Crippen LogP contribution in [0.4, 0.5) is 8.78 Å². The predicted molar refractivity (Wildman–Crippen MR) is 113 cm³/mol. The van der Waals surface area contributed by atoms with Crippen LogP contribution in [0.25, 0.3) is 16.6 Å². The van der Waals surface area contributed by atoms with Crippen molar-refractivity contribution in [2.75, 3.05) is 6.61 Å². The number of rotatable bonds is 5. The highest BCUT2D eigenvalue weighted by atomic mass is 19.3. The van der Waals surface area contributed by atoms with Crippen LogP contribution in [0, 0.1) is 0 Å². The summed E-state index contributed by atoms with van der Waals surface area (Å²) < 4.78 is 35.2. The Labute approximate surface area is 177 Å². The van der Waals surface area contributed by atoms with Crippen molar-refractivity contribution in [3.63, 3.8) is 0 Å². The maximum absolute atomic E-state index is 14.5. The van der Waals surface area contributed by atoms with E-state index < -0.39 is 18.0 Å². The Morgan fingerprint density at radius 1 is 1.19 bits per heavy atom. The normalized spacial score (nSPS) is 15.5. The summed E-state index contributed by atoms with van der Waals surface area (Å²) in [7, 11) is 0. The Morgan fingerprint density at radius 2 is 1.97 bits per heavy atom. The number of alkyl halides is 2. The fourth-order valence-electron chi connectivity index (χ4n) is 4.45. The molecule has 160 valence electrons. The van der Waals surface area contributed by atoms with E-state index in [4.69, 9.17) is 4.74 Å². The van der Waals surface area contributed by atoms with Gasteiger partial charge in [0.25, 0.3) is 12.0 Å². The molecule has 0 amide bonds. The lowest BCUT2D eigenvalue weighted by atomic mass is 9.94. The molecule has 5 rings (SSSR count). The molecule has 3 aromatic rings. The van der Waals surface area contributed by atoms with E-state index in [1.54, 1.807) is 13.0 Å². The predicted octanol–water partition coefficient (Wildman–Crippen LogP) is 4.56. The number of halogens is 2. The van der Waals surface area contributed by atoms with Gasteiger partial charge in [0, 0.05) is 19.3 Å². The van der Waals surface area contributed by atoms with Gasteiger partial charge < -0.3 is 10.1 Å². The second-order valence-electron chi connectivity index (χ2n) is 8.06. The highest BCUT2D eigenvalue weighted by Crippen LogP contribution is 2.45. The molecule has 1 saturated carbocycles. The lowest BCUT2D eigenvalue weighted by molar-refractivity contribution is 0.0524. The molecular formula is C24H22F2N2O3. The Kier molecular flexibility index (Phi) is 4.85. The molecule has 1 aliphatic carbocycles. The molecule has 0 saturated heterocycles. The first-order valence-corrected chi connectivity index (χ1v) is 10.5. The van der Waals surface area contributed by atoms with Crippen molar-refractivity contribution in [3.05, 3.63) is 74.7 Å². The zero-order chi connectivity index (χ0) is 21.7. The molecule has 1 aliphatic heterocycles. The standard InChI is InChI=1S/C24H22F2N2O3/c1-2-31-24(30)19-10-18(13-3-4-13)21-20(22(25)26)17(7-8-28(21)23(19)29)14-5-6-15-11-27-12-16(15)9-14/h5-10,13,22,27H,2-4,11-12H2,1H3. The Balaban J connectivity index is 1.79. The number of ether oxygens (including phenoxy) is 1. The fraction of sp³-hybridized carbons (Fsp3) is 0.333. The van der Waals surface area contributed by atoms with E-state index in [0.717, 1.165) is 30.5 Å². The minimum atomic E-state index is -2.78. The number of aromatic nitrogens is 1. The van der Waals surface area contributed by atoms with Gasteiger partial charge in [0.2, 0.25) is 0 Å². The summed E-state index contributed by atoms with van der Waals surface area (Å²) in [6.45, 7) is 3.27. The van der Waals surface area contributed by atoms with Gasteiger partial charge >= 0.3 is 5.97 Å². The molecule has 1 N–H and O–H groups in total. The van der Waals surface area contributed by atoms with Gasteiger partial charge in [-0.1, -0.05) is 12.1 Å².